The molecule has 0 aliphatic carbocycles. The Balaban J connectivity index is 0.00000192. The third-order valence-electron chi connectivity index (χ3n) is 3.60. The molecule has 0 aliphatic heterocycles. The number of carboxylic acid groups (broad SMARTS) is 1. The second-order valence-corrected chi connectivity index (χ2v) is 6.65. The summed E-state index contributed by atoms with van der Waals surface area (Å²) < 4.78 is 5.04. The van der Waals surface area contributed by atoms with E-state index in [-0.39, 0.29) is 12.5 Å². The molecule has 4 N–H and O–H groups in total. The van der Waals surface area contributed by atoms with Crippen LogP contribution in [0.3, 0.4) is 0 Å². The number of nitrogens with one attached hydrogen (secondary N) is 3. The Morgan fingerprint density at radius 1 is 1.07 bits per heavy atom. The summed E-state index contributed by atoms with van der Waals surface area (Å²) in [7, 11) is 1.53. The number of carboxylic acids is 1. The molecule has 1 rings (SSSR count). The quantitative estimate of drug-likeness (QED) is 0.419. The van der Waals surface area contributed by atoms with Crippen LogP contribution in [0.1, 0.15) is 38.1 Å². The first-order chi connectivity index (χ1) is 14.0. The van der Waals surface area contributed by atoms with Crippen molar-refractivity contribution in [1.29, 1.82) is 0 Å². The topological polar surface area (TPSA) is 151 Å². The maximum absolute atomic E-state index is 12.3. The number of carbonyl (C=O) groups excluding carboxylic acids is 4. The molecular formula is C20H29N3O7. The van der Waals surface area contributed by atoms with E-state index in [2.05, 4.69) is 16.0 Å². The van der Waals surface area contributed by atoms with Gasteiger partial charge in [-0.1, -0.05) is 13.8 Å². The van der Waals surface area contributed by atoms with E-state index in [1.165, 1.54) is 14.0 Å². The van der Waals surface area contributed by atoms with Gasteiger partial charge in [-0.2, -0.15) is 0 Å². The highest BCUT2D eigenvalue weighted by atomic mass is 16.5. The average molecular weight is 423 g/mol. The summed E-state index contributed by atoms with van der Waals surface area (Å²) >= 11 is 0. The number of hydrogen-bond donors (Lipinski definition) is 4. The van der Waals surface area contributed by atoms with Gasteiger partial charge >= 0.3 is 0 Å². The largest absolute Gasteiger partial charge is 0.497 e. The van der Waals surface area contributed by atoms with Crippen molar-refractivity contribution in [3.8, 4) is 5.75 Å². The molecule has 2 atom stereocenters. The van der Waals surface area contributed by atoms with Gasteiger partial charge < -0.3 is 30.6 Å². The molecule has 0 aliphatic rings. The maximum Gasteiger partial charge on any atom is 0.300 e. The highest BCUT2D eigenvalue weighted by molar-refractivity contribution is 5.98. The Kier molecular flexibility index (Phi) is 12.1. The lowest BCUT2D eigenvalue weighted by atomic mass is 10.0. The molecule has 0 aromatic heterocycles. The number of carbonyl (C=O) groups is 5. The zero-order valence-electron chi connectivity index (χ0n) is 17.7. The third kappa shape index (κ3) is 10.8. The minimum Gasteiger partial charge on any atom is -0.497 e. The summed E-state index contributed by atoms with van der Waals surface area (Å²) in [5.41, 5.74) is 0.391. The van der Waals surface area contributed by atoms with Gasteiger partial charge in [0.1, 0.15) is 18.1 Å². The monoisotopic (exact) mass is 423 g/mol. The Hall–Kier alpha value is -3.43. The third-order valence-corrected chi connectivity index (χ3v) is 3.60. The predicted octanol–water partition coefficient (Wildman–Crippen LogP) is 0.360. The van der Waals surface area contributed by atoms with Gasteiger partial charge in [0, 0.05) is 12.5 Å². The average Bonchev–Trinajstić information content (AvgIpc) is 2.69. The first kappa shape index (κ1) is 26.6. The first-order valence-corrected chi connectivity index (χ1v) is 9.18. The van der Waals surface area contributed by atoms with E-state index in [1.54, 1.807) is 38.1 Å². The Morgan fingerprint density at radius 2 is 1.60 bits per heavy atom. The molecule has 10 heteroatoms. The molecule has 30 heavy (non-hydrogen) atoms. The van der Waals surface area contributed by atoms with Crippen molar-refractivity contribution < 1.29 is 33.8 Å². The van der Waals surface area contributed by atoms with Crippen molar-refractivity contribution in [1.82, 2.24) is 16.0 Å². The fraction of sp³-hybridized carbons (Fsp3) is 0.450. The van der Waals surface area contributed by atoms with Crippen molar-refractivity contribution in [2.45, 2.75) is 39.8 Å². The normalized spacial score (nSPS) is 11.8. The molecule has 0 radical (unpaired) electrons. The molecule has 1 aromatic carbocycles. The van der Waals surface area contributed by atoms with Gasteiger partial charge in [0.2, 0.25) is 11.8 Å². The van der Waals surface area contributed by atoms with E-state index < -0.39 is 35.8 Å². The summed E-state index contributed by atoms with van der Waals surface area (Å²) in [6.07, 6.45) is 0.589. The minimum atomic E-state index is -0.833. The van der Waals surface area contributed by atoms with Crippen LogP contribution in [0.15, 0.2) is 24.3 Å². The number of ether oxygens (including phenoxy) is 1. The number of rotatable bonds is 9. The van der Waals surface area contributed by atoms with Crippen LogP contribution in [0.2, 0.25) is 0 Å². The van der Waals surface area contributed by atoms with Crippen LogP contribution >= 0.6 is 0 Å². The number of amides is 3. The zero-order chi connectivity index (χ0) is 23.3. The highest BCUT2D eigenvalue weighted by Gasteiger charge is 2.25. The van der Waals surface area contributed by atoms with Crippen molar-refractivity contribution in [2.75, 3.05) is 13.7 Å². The zero-order valence-corrected chi connectivity index (χ0v) is 17.7. The van der Waals surface area contributed by atoms with Gasteiger partial charge in [0.15, 0.2) is 0 Å². The summed E-state index contributed by atoms with van der Waals surface area (Å²) in [4.78, 5) is 55.8. The number of methoxy groups -OCH3 is 1. The van der Waals surface area contributed by atoms with Gasteiger partial charge in [-0.15, -0.1) is 0 Å². The summed E-state index contributed by atoms with van der Waals surface area (Å²) in [5, 5.41) is 15.0. The maximum atomic E-state index is 12.3. The van der Waals surface area contributed by atoms with E-state index in [1.807, 2.05) is 0 Å². The van der Waals surface area contributed by atoms with Crippen LogP contribution in [0.4, 0.5) is 0 Å². The van der Waals surface area contributed by atoms with Crippen LogP contribution in [-0.4, -0.2) is 60.8 Å². The number of hydrogen-bond acceptors (Lipinski definition) is 6. The van der Waals surface area contributed by atoms with Gasteiger partial charge in [-0.05, 0) is 37.1 Å². The van der Waals surface area contributed by atoms with E-state index >= 15 is 0 Å². The van der Waals surface area contributed by atoms with Crippen molar-refractivity contribution >= 4 is 30.0 Å². The van der Waals surface area contributed by atoms with E-state index in [0.717, 1.165) is 6.92 Å². The summed E-state index contributed by atoms with van der Waals surface area (Å²) in [5.74, 6) is -1.76. The highest BCUT2D eigenvalue weighted by Crippen LogP contribution is 2.12. The molecular weight excluding hydrogens is 394 g/mol. The van der Waals surface area contributed by atoms with Crippen LogP contribution in [0.5, 0.6) is 5.75 Å². The molecule has 0 heterocycles. The number of aldehydes is 1. The van der Waals surface area contributed by atoms with Crippen LogP contribution in [0.25, 0.3) is 0 Å². The van der Waals surface area contributed by atoms with Gasteiger partial charge in [0.05, 0.1) is 19.7 Å². The molecule has 3 amide bonds. The van der Waals surface area contributed by atoms with Gasteiger partial charge in [-0.3, -0.25) is 19.2 Å². The van der Waals surface area contributed by atoms with E-state index in [0.29, 0.717) is 17.6 Å². The van der Waals surface area contributed by atoms with Crippen molar-refractivity contribution in [3.63, 3.8) is 0 Å². The molecule has 1 unspecified atom stereocenters. The second kappa shape index (κ2) is 13.7. The summed E-state index contributed by atoms with van der Waals surface area (Å²) in [6, 6.07) is 5.06. The minimum absolute atomic E-state index is 0.186. The second-order valence-electron chi connectivity index (χ2n) is 6.65. The lowest BCUT2D eigenvalue weighted by Crippen LogP contribution is -2.52. The fourth-order valence-electron chi connectivity index (χ4n) is 2.12. The lowest BCUT2D eigenvalue weighted by Gasteiger charge is -2.22. The van der Waals surface area contributed by atoms with Crippen molar-refractivity contribution in [3.05, 3.63) is 29.8 Å². The predicted molar refractivity (Wildman–Crippen MR) is 109 cm³/mol. The van der Waals surface area contributed by atoms with Gasteiger partial charge in [-0.25, -0.2) is 0 Å². The van der Waals surface area contributed by atoms with E-state index in [9.17, 15) is 19.2 Å². The number of benzene rings is 1. The summed E-state index contributed by atoms with van der Waals surface area (Å²) in [6.45, 7) is 5.90. The molecule has 10 nitrogen and oxygen atoms in total. The molecule has 0 spiro atoms. The lowest BCUT2D eigenvalue weighted by molar-refractivity contribution is -0.134. The molecule has 1 aromatic rings. The SMILES string of the molecule is CC(=O)O.COc1ccc(C(=O)NC(C(=O)NCC(=O)N[C@@H](C)C=O)C(C)C)cc1. The smallest absolute Gasteiger partial charge is 0.300 e. The van der Waals surface area contributed by atoms with Gasteiger partial charge in [0.25, 0.3) is 11.9 Å². The Morgan fingerprint density at radius 3 is 2.03 bits per heavy atom. The Labute approximate surface area is 175 Å². The fourth-order valence-corrected chi connectivity index (χ4v) is 2.12. The van der Waals surface area contributed by atoms with Crippen LogP contribution in [-0.2, 0) is 19.2 Å². The van der Waals surface area contributed by atoms with E-state index in [4.69, 9.17) is 14.6 Å². The van der Waals surface area contributed by atoms with Crippen LogP contribution < -0.4 is 20.7 Å². The molecule has 166 valence electrons. The molecule has 0 saturated heterocycles. The first-order valence-electron chi connectivity index (χ1n) is 9.18. The Bertz CT molecular complexity index is 728. The number of aliphatic carboxylic acids is 1. The van der Waals surface area contributed by atoms with Crippen LogP contribution in [0, 0.1) is 5.92 Å². The molecule has 0 fully saturated rings. The molecule has 0 saturated carbocycles. The molecule has 0 bridgehead atoms. The standard InChI is InChI=1S/C18H25N3O5.C2H4O2/c1-11(2)16(18(25)19-9-15(23)20-12(3)10-22)21-17(24)13-5-7-14(26-4)8-6-13;1-2(3)4/h5-8,10-12,16H,9H2,1-4H3,(H,19,25)(H,20,23)(H,21,24);1H3,(H,3,4)/t12-,16?;/m0./s1. The van der Waals surface area contributed by atoms with Crippen molar-refractivity contribution in [2.24, 2.45) is 5.92 Å².